The minimum Gasteiger partial charge on any atom is -0.497 e. The Labute approximate surface area is 191 Å². The van der Waals surface area contributed by atoms with Crippen LogP contribution in [0.3, 0.4) is 0 Å². The highest BCUT2D eigenvalue weighted by Gasteiger charge is 2.13. The van der Waals surface area contributed by atoms with Crippen LogP contribution in [0.5, 0.6) is 5.75 Å². The molecule has 0 aliphatic heterocycles. The van der Waals surface area contributed by atoms with Gasteiger partial charge in [0.05, 0.1) is 18.0 Å². The number of nitrogens with zero attached hydrogens (tertiary/aromatic N) is 2. The molecule has 0 bridgehead atoms. The lowest BCUT2D eigenvalue weighted by Crippen LogP contribution is -2.13. The molecule has 3 aromatic carbocycles. The molecule has 0 unspecified atom stereocenters. The van der Waals surface area contributed by atoms with Crippen LogP contribution in [-0.2, 0) is 0 Å². The van der Waals surface area contributed by atoms with Gasteiger partial charge in [-0.2, -0.15) is 0 Å². The standard InChI is InChI=1S/C27H22N4O2/c1-33-22-14-8-11-20(15-22)29-26-16-24-23(18-28-26)25(32)17-27(30-19-9-4-2-5-10-19)31(24)21-12-6-3-7-13-21/h2-18,30H,1H3,(H,28,29). The average molecular weight is 434 g/mol. The van der Waals surface area contributed by atoms with E-state index in [1.165, 1.54) is 0 Å². The number of ether oxygens (including phenoxy) is 1. The third-order valence-electron chi connectivity index (χ3n) is 5.30. The van der Waals surface area contributed by atoms with Crippen LogP contribution in [0.15, 0.2) is 108 Å². The van der Waals surface area contributed by atoms with E-state index in [0.29, 0.717) is 17.0 Å². The summed E-state index contributed by atoms with van der Waals surface area (Å²) < 4.78 is 7.34. The Hall–Kier alpha value is -4.58. The molecule has 162 valence electrons. The van der Waals surface area contributed by atoms with E-state index in [0.717, 1.165) is 28.3 Å². The first-order chi connectivity index (χ1) is 16.2. The van der Waals surface area contributed by atoms with Gasteiger partial charge in [-0.1, -0.05) is 42.5 Å². The maximum atomic E-state index is 13.0. The number of benzene rings is 3. The molecule has 0 saturated carbocycles. The first kappa shape index (κ1) is 20.3. The molecule has 0 aliphatic carbocycles. The summed E-state index contributed by atoms with van der Waals surface area (Å²) in [5, 5.41) is 7.24. The molecule has 5 aromatic rings. The number of nitrogens with one attached hydrogen (secondary N) is 2. The summed E-state index contributed by atoms with van der Waals surface area (Å²) >= 11 is 0. The van der Waals surface area contributed by atoms with Gasteiger partial charge in [0.2, 0.25) is 0 Å². The number of hydrogen-bond donors (Lipinski definition) is 2. The van der Waals surface area contributed by atoms with Crippen molar-refractivity contribution in [2.24, 2.45) is 0 Å². The van der Waals surface area contributed by atoms with Crippen molar-refractivity contribution < 1.29 is 4.74 Å². The van der Waals surface area contributed by atoms with Gasteiger partial charge >= 0.3 is 0 Å². The topological polar surface area (TPSA) is 68.2 Å². The van der Waals surface area contributed by atoms with Crippen molar-refractivity contribution in [1.29, 1.82) is 0 Å². The van der Waals surface area contributed by atoms with Gasteiger partial charge in [-0.3, -0.25) is 9.36 Å². The minimum absolute atomic E-state index is 0.101. The zero-order valence-electron chi connectivity index (χ0n) is 18.0. The number of methoxy groups -OCH3 is 1. The molecule has 2 aromatic heterocycles. The van der Waals surface area contributed by atoms with Crippen LogP contribution >= 0.6 is 0 Å². The van der Waals surface area contributed by atoms with E-state index in [1.807, 2.05) is 95.6 Å². The molecular weight excluding hydrogens is 412 g/mol. The fourth-order valence-electron chi connectivity index (χ4n) is 3.75. The van der Waals surface area contributed by atoms with Gasteiger partial charge in [-0.15, -0.1) is 0 Å². The highest BCUT2D eigenvalue weighted by atomic mass is 16.5. The van der Waals surface area contributed by atoms with Gasteiger partial charge in [0, 0.05) is 41.5 Å². The second-order valence-electron chi connectivity index (χ2n) is 7.50. The molecule has 5 rings (SSSR count). The van der Waals surface area contributed by atoms with Gasteiger partial charge in [0.25, 0.3) is 0 Å². The first-order valence-electron chi connectivity index (χ1n) is 10.6. The van der Waals surface area contributed by atoms with E-state index in [-0.39, 0.29) is 5.43 Å². The molecule has 0 radical (unpaired) electrons. The number of fused-ring (bicyclic) bond motifs is 1. The Morgan fingerprint density at radius 3 is 2.27 bits per heavy atom. The van der Waals surface area contributed by atoms with Gasteiger partial charge in [-0.25, -0.2) is 4.98 Å². The van der Waals surface area contributed by atoms with Crippen molar-refractivity contribution in [2.45, 2.75) is 0 Å². The molecule has 6 nitrogen and oxygen atoms in total. The second kappa shape index (κ2) is 8.88. The van der Waals surface area contributed by atoms with Crippen LogP contribution in [-0.4, -0.2) is 16.7 Å². The van der Waals surface area contributed by atoms with Crippen LogP contribution in [0.1, 0.15) is 0 Å². The summed E-state index contributed by atoms with van der Waals surface area (Å²) in [5.41, 5.74) is 3.31. The molecule has 2 N–H and O–H groups in total. The van der Waals surface area contributed by atoms with Gasteiger partial charge < -0.3 is 15.4 Å². The number of hydrogen-bond acceptors (Lipinski definition) is 5. The fourth-order valence-corrected chi connectivity index (χ4v) is 3.75. The van der Waals surface area contributed by atoms with Gasteiger partial charge in [0.1, 0.15) is 17.4 Å². The predicted octanol–water partition coefficient (Wildman–Crippen LogP) is 5.88. The third kappa shape index (κ3) is 4.27. The van der Waals surface area contributed by atoms with E-state index in [4.69, 9.17) is 4.74 Å². The van der Waals surface area contributed by atoms with E-state index in [1.54, 1.807) is 19.4 Å². The number of pyridine rings is 2. The van der Waals surface area contributed by atoms with Crippen LogP contribution in [0, 0.1) is 0 Å². The van der Waals surface area contributed by atoms with Crippen molar-refractivity contribution in [2.75, 3.05) is 17.7 Å². The molecule has 0 fully saturated rings. The van der Waals surface area contributed by atoms with Crippen molar-refractivity contribution in [3.05, 3.63) is 113 Å². The van der Waals surface area contributed by atoms with Gasteiger partial charge in [-0.05, 0) is 36.4 Å². The Kier molecular flexibility index (Phi) is 5.47. The summed E-state index contributed by atoms with van der Waals surface area (Å²) in [6.07, 6.45) is 1.62. The van der Waals surface area contributed by atoms with Crippen molar-refractivity contribution >= 4 is 33.9 Å². The molecule has 2 heterocycles. The maximum Gasteiger partial charge on any atom is 0.193 e. The summed E-state index contributed by atoms with van der Waals surface area (Å²) in [5.74, 6) is 2.04. The Morgan fingerprint density at radius 2 is 1.52 bits per heavy atom. The second-order valence-corrected chi connectivity index (χ2v) is 7.50. The fraction of sp³-hybridized carbons (Fsp3) is 0.0370. The normalized spacial score (nSPS) is 10.7. The molecular formula is C27H22N4O2. The number of aromatic nitrogens is 2. The van der Waals surface area contributed by atoms with Crippen molar-refractivity contribution in [1.82, 2.24) is 9.55 Å². The third-order valence-corrected chi connectivity index (χ3v) is 5.30. The van der Waals surface area contributed by atoms with E-state index < -0.39 is 0 Å². The summed E-state index contributed by atoms with van der Waals surface area (Å²) in [6.45, 7) is 0. The number of rotatable bonds is 6. The van der Waals surface area contributed by atoms with Crippen LogP contribution in [0.25, 0.3) is 16.6 Å². The molecule has 6 heteroatoms. The SMILES string of the molecule is COc1cccc(Nc2cc3c(cn2)c(=O)cc(Nc2ccccc2)n3-c2ccccc2)c1. The predicted molar refractivity (Wildman–Crippen MR) is 133 cm³/mol. The first-order valence-corrected chi connectivity index (χ1v) is 10.6. The van der Waals surface area contributed by atoms with Crippen molar-refractivity contribution in [3.63, 3.8) is 0 Å². The summed E-state index contributed by atoms with van der Waals surface area (Å²) in [6, 6.07) is 30.8. The Morgan fingerprint density at radius 1 is 0.788 bits per heavy atom. The molecule has 0 atom stereocenters. The average Bonchev–Trinajstić information content (AvgIpc) is 2.85. The molecule has 0 amide bonds. The molecule has 0 saturated heterocycles. The number of anilines is 4. The smallest absolute Gasteiger partial charge is 0.193 e. The van der Waals surface area contributed by atoms with Gasteiger partial charge in [0.15, 0.2) is 5.43 Å². The van der Waals surface area contributed by atoms with E-state index in [9.17, 15) is 4.79 Å². The molecule has 0 spiro atoms. The minimum atomic E-state index is -0.101. The highest BCUT2D eigenvalue weighted by molar-refractivity contribution is 5.86. The lowest BCUT2D eigenvalue weighted by Gasteiger charge is -2.19. The monoisotopic (exact) mass is 434 g/mol. The quantitative estimate of drug-likeness (QED) is 0.349. The lowest BCUT2D eigenvalue weighted by molar-refractivity contribution is 0.415. The van der Waals surface area contributed by atoms with Crippen LogP contribution in [0.4, 0.5) is 23.0 Å². The Bertz CT molecular complexity index is 1460. The zero-order chi connectivity index (χ0) is 22.6. The van der Waals surface area contributed by atoms with Crippen LogP contribution < -0.4 is 20.8 Å². The molecule has 0 aliphatic rings. The van der Waals surface area contributed by atoms with E-state index in [2.05, 4.69) is 15.6 Å². The van der Waals surface area contributed by atoms with Crippen LogP contribution in [0.2, 0.25) is 0 Å². The lowest BCUT2D eigenvalue weighted by atomic mass is 10.2. The Balaban J connectivity index is 1.68. The maximum absolute atomic E-state index is 13.0. The van der Waals surface area contributed by atoms with E-state index >= 15 is 0 Å². The van der Waals surface area contributed by atoms with Crippen molar-refractivity contribution in [3.8, 4) is 11.4 Å². The largest absolute Gasteiger partial charge is 0.497 e. The zero-order valence-corrected chi connectivity index (χ0v) is 18.0. The number of para-hydroxylation sites is 2. The highest BCUT2D eigenvalue weighted by Crippen LogP contribution is 2.27. The summed E-state index contributed by atoms with van der Waals surface area (Å²) in [7, 11) is 1.63. The summed E-state index contributed by atoms with van der Waals surface area (Å²) in [4.78, 5) is 17.5. The molecule has 33 heavy (non-hydrogen) atoms.